The van der Waals surface area contributed by atoms with Crippen LogP contribution >= 0.6 is 11.8 Å². The van der Waals surface area contributed by atoms with Gasteiger partial charge in [-0.3, -0.25) is 9.48 Å². The molecule has 0 spiro atoms. The summed E-state index contributed by atoms with van der Waals surface area (Å²) in [6.07, 6.45) is 5.44. The van der Waals surface area contributed by atoms with E-state index in [-0.39, 0.29) is 5.92 Å². The number of aliphatic carboxylic acids is 1. The number of carbonyl (C=O) groups is 1. The first kappa shape index (κ1) is 11.5. The second kappa shape index (κ2) is 4.10. The summed E-state index contributed by atoms with van der Waals surface area (Å²) in [4.78, 5) is 12.1. The summed E-state index contributed by atoms with van der Waals surface area (Å²) in [5, 5.41) is 13.2. The van der Waals surface area contributed by atoms with E-state index in [2.05, 4.69) is 5.10 Å². The third-order valence-electron chi connectivity index (χ3n) is 2.86. The molecule has 1 aromatic heterocycles. The second-order valence-corrected chi connectivity index (χ2v) is 5.31. The van der Waals surface area contributed by atoms with Crippen molar-refractivity contribution in [3.8, 4) is 0 Å². The van der Waals surface area contributed by atoms with Gasteiger partial charge < -0.3 is 10.8 Å². The van der Waals surface area contributed by atoms with Crippen LogP contribution in [0.2, 0.25) is 0 Å². The van der Waals surface area contributed by atoms with Gasteiger partial charge in [-0.1, -0.05) is 0 Å². The molecule has 0 aliphatic heterocycles. The molecule has 1 aliphatic carbocycles. The Bertz CT molecular complexity index is 403. The third kappa shape index (κ3) is 2.22. The maximum Gasteiger partial charge on any atom is 0.324 e. The minimum atomic E-state index is -1.08. The van der Waals surface area contributed by atoms with Gasteiger partial charge in [0.2, 0.25) is 0 Å². The van der Waals surface area contributed by atoms with Crippen LogP contribution in [0.4, 0.5) is 0 Å². The number of hydrogen-bond donors (Lipinski definition) is 2. The van der Waals surface area contributed by atoms with Gasteiger partial charge in [-0.15, -0.1) is 11.8 Å². The first-order valence-corrected chi connectivity index (χ1v) is 6.14. The molecule has 0 bridgehead atoms. The summed E-state index contributed by atoms with van der Waals surface area (Å²) in [6, 6.07) is 0. The predicted molar refractivity (Wildman–Crippen MR) is 61.2 cm³/mol. The lowest BCUT2D eigenvalue weighted by Gasteiger charge is -2.23. The molecule has 16 heavy (non-hydrogen) atoms. The summed E-state index contributed by atoms with van der Waals surface area (Å²) in [7, 11) is 1.83. The van der Waals surface area contributed by atoms with Gasteiger partial charge in [0, 0.05) is 23.9 Å². The zero-order valence-corrected chi connectivity index (χ0v) is 9.91. The Morgan fingerprint density at radius 2 is 2.50 bits per heavy atom. The Morgan fingerprint density at radius 1 is 1.81 bits per heavy atom. The van der Waals surface area contributed by atoms with Gasteiger partial charge in [0.05, 0.1) is 6.20 Å². The number of rotatable bonds is 5. The summed E-state index contributed by atoms with van der Waals surface area (Å²) < 4.78 is 1.69. The minimum Gasteiger partial charge on any atom is -0.480 e. The molecule has 1 saturated carbocycles. The molecule has 0 aromatic carbocycles. The highest BCUT2D eigenvalue weighted by Gasteiger charge is 2.48. The van der Waals surface area contributed by atoms with E-state index in [1.165, 1.54) is 11.8 Å². The Kier molecular flexibility index (Phi) is 2.94. The van der Waals surface area contributed by atoms with Crippen molar-refractivity contribution in [2.24, 2.45) is 18.7 Å². The average molecular weight is 241 g/mol. The first-order valence-electron chi connectivity index (χ1n) is 5.16. The van der Waals surface area contributed by atoms with Crippen LogP contribution in [0.5, 0.6) is 0 Å². The summed E-state index contributed by atoms with van der Waals surface area (Å²) in [6.45, 7) is 0. The fourth-order valence-electron chi connectivity index (χ4n) is 1.63. The molecule has 1 aromatic rings. The van der Waals surface area contributed by atoms with Crippen molar-refractivity contribution in [3.05, 3.63) is 12.4 Å². The summed E-state index contributed by atoms with van der Waals surface area (Å²) >= 11 is 1.46. The van der Waals surface area contributed by atoms with Crippen LogP contribution in [0, 0.1) is 5.92 Å². The van der Waals surface area contributed by atoms with Crippen LogP contribution in [0.1, 0.15) is 12.8 Å². The molecule has 1 unspecified atom stereocenters. The molecule has 3 N–H and O–H groups in total. The molecule has 1 heterocycles. The molecule has 1 fully saturated rings. The van der Waals surface area contributed by atoms with Crippen LogP contribution < -0.4 is 5.73 Å². The number of nitrogens with two attached hydrogens (primary N) is 1. The van der Waals surface area contributed by atoms with Gasteiger partial charge in [-0.05, 0) is 18.8 Å². The Balaban J connectivity index is 1.99. The van der Waals surface area contributed by atoms with Crippen LogP contribution in [0.15, 0.2) is 17.3 Å². The normalized spacial score (nSPS) is 19.4. The number of aromatic nitrogens is 2. The van der Waals surface area contributed by atoms with Crippen LogP contribution in [0.3, 0.4) is 0 Å². The molecule has 0 radical (unpaired) electrons. The van der Waals surface area contributed by atoms with E-state index in [4.69, 9.17) is 10.8 Å². The number of aryl methyl sites for hydroxylation is 1. The van der Waals surface area contributed by atoms with Crippen LogP contribution in [0.25, 0.3) is 0 Å². The Morgan fingerprint density at radius 3 is 2.94 bits per heavy atom. The molecule has 0 saturated heterocycles. The maximum atomic E-state index is 11.2. The summed E-state index contributed by atoms with van der Waals surface area (Å²) in [5.74, 6) is -0.362. The zero-order chi connectivity index (χ0) is 11.8. The van der Waals surface area contributed by atoms with E-state index in [1.807, 2.05) is 13.2 Å². The number of carboxylic acid groups (broad SMARTS) is 1. The summed E-state index contributed by atoms with van der Waals surface area (Å²) in [5.41, 5.74) is 4.87. The number of nitrogens with zero attached hydrogens (tertiary/aromatic N) is 2. The van der Waals surface area contributed by atoms with Crippen LogP contribution in [-0.2, 0) is 11.8 Å². The van der Waals surface area contributed by atoms with E-state index in [0.29, 0.717) is 5.75 Å². The van der Waals surface area contributed by atoms with Crippen molar-refractivity contribution in [3.63, 3.8) is 0 Å². The Labute approximate surface area is 98.0 Å². The monoisotopic (exact) mass is 241 g/mol. The van der Waals surface area contributed by atoms with Gasteiger partial charge in [0.1, 0.15) is 5.54 Å². The Hall–Kier alpha value is -1.01. The highest BCUT2D eigenvalue weighted by atomic mass is 32.2. The molecule has 5 nitrogen and oxygen atoms in total. The van der Waals surface area contributed by atoms with E-state index in [0.717, 1.165) is 17.7 Å². The first-order chi connectivity index (χ1) is 7.52. The van der Waals surface area contributed by atoms with Crippen molar-refractivity contribution in [2.45, 2.75) is 23.3 Å². The van der Waals surface area contributed by atoms with Gasteiger partial charge in [-0.25, -0.2) is 0 Å². The molecule has 6 heteroatoms. The quantitative estimate of drug-likeness (QED) is 0.742. The van der Waals surface area contributed by atoms with Gasteiger partial charge in [-0.2, -0.15) is 5.10 Å². The fourth-order valence-corrected chi connectivity index (χ4v) is 2.74. The standard InChI is InChI=1S/C10H15N3O2S/c1-13-5-8(4-12-13)16-6-10(11,9(14)15)7-2-3-7/h4-5,7H,2-3,6,11H2,1H3,(H,14,15). The maximum absolute atomic E-state index is 11.2. The lowest BCUT2D eigenvalue weighted by Crippen LogP contribution is -2.52. The number of thioether (sulfide) groups is 1. The average Bonchev–Trinajstić information content (AvgIpc) is 2.99. The van der Waals surface area contributed by atoms with Crippen molar-refractivity contribution >= 4 is 17.7 Å². The number of carboxylic acids is 1. The van der Waals surface area contributed by atoms with Gasteiger partial charge >= 0.3 is 5.97 Å². The highest BCUT2D eigenvalue weighted by Crippen LogP contribution is 2.41. The van der Waals surface area contributed by atoms with Gasteiger partial charge in [0.15, 0.2) is 0 Å². The van der Waals surface area contributed by atoms with Gasteiger partial charge in [0.25, 0.3) is 0 Å². The van der Waals surface area contributed by atoms with E-state index in [9.17, 15) is 4.79 Å². The zero-order valence-electron chi connectivity index (χ0n) is 9.09. The lowest BCUT2D eigenvalue weighted by molar-refractivity contribution is -0.143. The smallest absolute Gasteiger partial charge is 0.324 e. The number of hydrogen-bond acceptors (Lipinski definition) is 4. The van der Waals surface area contributed by atoms with Crippen molar-refractivity contribution in [2.75, 3.05) is 5.75 Å². The fraction of sp³-hybridized carbons (Fsp3) is 0.600. The SMILES string of the molecule is Cn1cc(SCC(N)(C(=O)O)C2CC2)cn1. The molecule has 1 atom stereocenters. The highest BCUT2D eigenvalue weighted by molar-refractivity contribution is 7.99. The topological polar surface area (TPSA) is 81.1 Å². The minimum absolute atomic E-state index is 0.133. The van der Waals surface area contributed by atoms with E-state index < -0.39 is 11.5 Å². The van der Waals surface area contributed by atoms with Crippen LogP contribution in [-0.4, -0.2) is 32.1 Å². The molecule has 1 aliphatic rings. The molecule has 0 amide bonds. The largest absolute Gasteiger partial charge is 0.480 e. The molecular formula is C10H15N3O2S. The molecular weight excluding hydrogens is 226 g/mol. The third-order valence-corrected chi connectivity index (χ3v) is 4.03. The molecule has 2 rings (SSSR count). The molecule has 88 valence electrons. The second-order valence-electron chi connectivity index (χ2n) is 4.26. The van der Waals surface area contributed by atoms with Crippen molar-refractivity contribution < 1.29 is 9.90 Å². The lowest BCUT2D eigenvalue weighted by atomic mass is 9.98. The predicted octanol–water partition coefficient (Wildman–Crippen LogP) is 0.704. The van der Waals surface area contributed by atoms with E-state index in [1.54, 1.807) is 10.9 Å². The van der Waals surface area contributed by atoms with E-state index >= 15 is 0 Å². The van der Waals surface area contributed by atoms with Crippen molar-refractivity contribution in [1.29, 1.82) is 0 Å². The van der Waals surface area contributed by atoms with Crippen molar-refractivity contribution in [1.82, 2.24) is 9.78 Å².